The highest BCUT2D eigenvalue weighted by Crippen LogP contribution is 2.54. The van der Waals surface area contributed by atoms with Crippen molar-refractivity contribution >= 4 is 0 Å². The second-order valence-electron chi connectivity index (χ2n) is 6.62. The minimum Gasteiger partial charge on any atom is -0.302 e. The minimum atomic E-state index is 0.561. The first-order valence-corrected chi connectivity index (χ1v) is 7.39. The zero-order valence-corrected chi connectivity index (χ0v) is 11.1. The van der Waals surface area contributed by atoms with Crippen LogP contribution in [0.15, 0.2) is 0 Å². The van der Waals surface area contributed by atoms with Crippen LogP contribution in [0.3, 0.4) is 0 Å². The van der Waals surface area contributed by atoms with E-state index in [0.717, 1.165) is 29.4 Å². The van der Waals surface area contributed by atoms with Crippen molar-refractivity contribution in [3.63, 3.8) is 0 Å². The Hall–Kier alpha value is -0.900. The van der Waals surface area contributed by atoms with Crippen LogP contribution in [0.4, 0.5) is 0 Å². The highest BCUT2D eigenvalue weighted by molar-refractivity contribution is 5.02. The molecule has 0 spiro atoms. The fourth-order valence-corrected chi connectivity index (χ4v) is 4.11. The van der Waals surface area contributed by atoms with Crippen molar-refractivity contribution in [2.24, 2.45) is 17.8 Å². The number of aromatic amines is 1. The number of likely N-dealkylation sites (tertiary alicyclic amines) is 1. The van der Waals surface area contributed by atoms with Gasteiger partial charge in [-0.15, -0.1) is 0 Å². The first kappa shape index (κ1) is 11.0. The van der Waals surface area contributed by atoms with E-state index in [0.29, 0.717) is 5.92 Å². The molecule has 3 aliphatic rings. The van der Waals surface area contributed by atoms with E-state index in [-0.39, 0.29) is 0 Å². The molecule has 1 N–H and O–H groups in total. The quantitative estimate of drug-likeness (QED) is 0.886. The van der Waals surface area contributed by atoms with E-state index in [2.05, 4.69) is 20.1 Å². The van der Waals surface area contributed by atoms with Crippen molar-refractivity contribution in [2.45, 2.75) is 38.5 Å². The molecule has 4 heteroatoms. The molecule has 0 aromatic carbocycles. The van der Waals surface area contributed by atoms with Crippen molar-refractivity contribution < 1.29 is 0 Å². The number of H-pyrrole nitrogens is 1. The Morgan fingerprint density at radius 2 is 2.11 bits per heavy atom. The summed E-state index contributed by atoms with van der Waals surface area (Å²) in [6.45, 7) is 5.72. The topological polar surface area (TPSA) is 44.8 Å². The van der Waals surface area contributed by atoms with Gasteiger partial charge >= 0.3 is 0 Å². The van der Waals surface area contributed by atoms with Crippen molar-refractivity contribution in [2.75, 3.05) is 19.6 Å². The van der Waals surface area contributed by atoms with E-state index < -0.39 is 0 Å². The first-order chi connectivity index (χ1) is 8.78. The molecular weight excluding hydrogens is 224 g/mol. The van der Waals surface area contributed by atoms with Gasteiger partial charge in [0.2, 0.25) is 0 Å². The largest absolute Gasteiger partial charge is 0.302 e. The average molecular weight is 246 g/mol. The summed E-state index contributed by atoms with van der Waals surface area (Å²) in [5, 5.41) is 7.29. The standard InChI is InChI=1S/C14H22N4/c1-9-15-14(17-16-9)11-2-3-18(8-11)7-10-4-12-6-13(12)5-10/h10-13H,2-8H2,1H3,(H,15,16,17). The van der Waals surface area contributed by atoms with Gasteiger partial charge in [0.25, 0.3) is 0 Å². The van der Waals surface area contributed by atoms with Gasteiger partial charge in [0.1, 0.15) is 5.82 Å². The van der Waals surface area contributed by atoms with Gasteiger partial charge < -0.3 is 4.90 Å². The lowest BCUT2D eigenvalue weighted by molar-refractivity contribution is 0.265. The maximum absolute atomic E-state index is 4.48. The zero-order valence-electron chi connectivity index (χ0n) is 11.1. The Bertz CT molecular complexity index is 431. The Morgan fingerprint density at radius 1 is 1.28 bits per heavy atom. The van der Waals surface area contributed by atoms with Gasteiger partial charge in [-0.2, -0.15) is 5.10 Å². The van der Waals surface area contributed by atoms with Crippen molar-refractivity contribution in [1.82, 2.24) is 20.1 Å². The van der Waals surface area contributed by atoms with Crippen LogP contribution in [-0.2, 0) is 0 Å². The molecule has 3 unspecified atom stereocenters. The Morgan fingerprint density at radius 3 is 2.83 bits per heavy atom. The number of rotatable bonds is 3. The highest BCUT2D eigenvalue weighted by Gasteiger charge is 2.46. The summed E-state index contributed by atoms with van der Waals surface area (Å²) in [6.07, 6.45) is 5.78. The predicted molar refractivity (Wildman–Crippen MR) is 69.2 cm³/mol. The molecule has 18 heavy (non-hydrogen) atoms. The van der Waals surface area contributed by atoms with Gasteiger partial charge in [-0.3, -0.25) is 5.10 Å². The van der Waals surface area contributed by atoms with Crippen molar-refractivity contribution in [1.29, 1.82) is 0 Å². The summed E-state index contributed by atoms with van der Waals surface area (Å²) in [6, 6.07) is 0. The third-order valence-corrected chi connectivity index (χ3v) is 5.11. The zero-order chi connectivity index (χ0) is 12.1. The summed E-state index contributed by atoms with van der Waals surface area (Å²) >= 11 is 0. The molecule has 98 valence electrons. The molecule has 2 heterocycles. The third-order valence-electron chi connectivity index (χ3n) is 5.11. The molecule has 2 saturated carbocycles. The Labute approximate surface area is 108 Å². The van der Waals surface area contributed by atoms with Gasteiger partial charge in [-0.25, -0.2) is 4.98 Å². The number of hydrogen-bond acceptors (Lipinski definition) is 3. The number of aryl methyl sites for hydroxylation is 1. The molecular formula is C14H22N4. The van der Waals surface area contributed by atoms with Crippen LogP contribution in [0.5, 0.6) is 0 Å². The molecule has 1 saturated heterocycles. The summed E-state index contributed by atoms with van der Waals surface area (Å²) in [5.41, 5.74) is 0. The van der Waals surface area contributed by atoms with E-state index in [1.165, 1.54) is 45.3 Å². The van der Waals surface area contributed by atoms with E-state index >= 15 is 0 Å². The molecule has 1 aliphatic heterocycles. The molecule has 4 rings (SSSR count). The van der Waals surface area contributed by atoms with Crippen molar-refractivity contribution in [3.05, 3.63) is 11.6 Å². The molecule has 1 aromatic heterocycles. The first-order valence-electron chi connectivity index (χ1n) is 7.39. The maximum atomic E-state index is 4.48. The molecule has 3 fully saturated rings. The molecule has 1 aromatic rings. The Kier molecular flexibility index (Phi) is 2.47. The fraction of sp³-hybridized carbons (Fsp3) is 0.857. The normalized spacial score (nSPS) is 39.2. The molecule has 0 radical (unpaired) electrons. The van der Waals surface area contributed by atoms with Crippen LogP contribution in [0.2, 0.25) is 0 Å². The van der Waals surface area contributed by atoms with Gasteiger partial charge in [0.05, 0.1) is 0 Å². The van der Waals surface area contributed by atoms with Crippen LogP contribution >= 0.6 is 0 Å². The molecule has 4 nitrogen and oxygen atoms in total. The summed E-state index contributed by atoms with van der Waals surface area (Å²) in [7, 11) is 0. The van der Waals surface area contributed by atoms with E-state index in [9.17, 15) is 0 Å². The number of fused-ring (bicyclic) bond motifs is 1. The predicted octanol–water partition coefficient (Wildman–Crippen LogP) is 1.95. The molecule has 0 amide bonds. The molecule has 0 bridgehead atoms. The second kappa shape index (κ2) is 4.05. The van der Waals surface area contributed by atoms with Gasteiger partial charge in [-0.1, -0.05) is 0 Å². The van der Waals surface area contributed by atoms with Crippen LogP contribution < -0.4 is 0 Å². The summed E-state index contributed by atoms with van der Waals surface area (Å²) in [4.78, 5) is 7.13. The fourth-order valence-electron chi connectivity index (χ4n) is 4.11. The van der Waals surface area contributed by atoms with E-state index in [1.807, 2.05) is 6.92 Å². The number of aromatic nitrogens is 3. The second-order valence-corrected chi connectivity index (χ2v) is 6.62. The minimum absolute atomic E-state index is 0.561. The molecule has 2 aliphatic carbocycles. The van der Waals surface area contributed by atoms with Crippen LogP contribution in [0.25, 0.3) is 0 Å². The number of nitrogens with one attached hydrogen (secondary N) is 1. The van der Waals surface area contributed by atoms with Gasteiger partial charge in [0, 0.05) is 19.0 Å². The SMILES string of the molecule is Cc1nc(C2CCN(CC3CC4CC4C3)C2)n[nH]1. The van der Waals surface area contributed by atoms with Gasteiger partial charge in [0.15, 0.2) is 5.82 Å². The number of nitrogens with zero attached hydrogens (tertiary/aromatic N) is 3. The summed E-state index contributed by atoms with van der Waals surface area (Å²) in [5.74, 6) is 5.75. The van der Waals surface area contributed by atoms with E-state index in [1.54, 1.807) is 0 Å². The van der Waals surface area contributed by atoms with Crippen LogP contribution in [0, 0.1) is 24.7 Å². The van der Waals surface area contributed by atoms with E-state index in [4.69, 9.17) is 0 Å². The lowest BCUT2D eigenvalue weighted by Crippen LogP contribution is -2.27. The number of hydrogen-bond donors (Lipinski definition) is 1. The highest BCUT2D eigenvalue weighted by atomic mass is 15.2. The third kappa shape index (κ3) is 1.96. The lowest BCUT2D eigenvalue weighted by atomic mass is 10.0. The average Bonchev–Trinajstić information content (AvgIpc) is 2.79. The van der Waals surface area contributed by atoms with Gasteiger partial charge in [-0.05, 0) is 56.9 Å². The van der Waals surface area contributed by atoms with Crippen LogP contribution in [0.1, 0.15) is 43.3 Å². The van der Waals surface area contributed by atoms with Crippen LogP contribution in [-0.4, -0.2) is 39.7 Å². The summed E-state index contributed by atoms with van der Waals surface area (Å²) < 4.78 is 0. The smallest absolute Gasteiger partial charge is 0.155 e. The maximum Gasteiger partial charge on any atom is 0.155 e. The Balaban J connectivity index is 1.33. The lowest BCUT2D eigenvalue weighted by Gasteiger charge is -2.21. The monoisotopic (exact) mass is 246 g/mol. The van der Waals surface area contributed by atoms with Crippen molar-refractivity contribution in [3.8, 4) is 0 Å². The molecule has 3 atom stereocenters.